The van der Waals surface area contributed by atoms with E-state index in [0.29, 0.717) is 5.69 Å². The molecular formula is C17H12N5+. The van der Waals surface area contributed by atoms with Crippen LogP contribution in [0.5, 0.6) is 0 Å². The lowest BCUT2D eigenvalue weighted by atomic mass is 10.1. The first-order chi connectivity index (χ1) is 10.7. The van der Waals surface area contributed by atoms with Gasteiger partial charge in [0.1, 0.15) is 11.8 Å². The standard InChI is InChI=1S/C17H11N5/c18-7-13-6-14-15-5-11(10-2-1-3-12(19)4-10)8-21-17(15)22-16(14)9-20-13/h1-6,8-9H,19H2,(H,21,22)/p+1. The molecule has 3 aromatic heterocycles. The highest BCUT2D eigenvalue weighted by Crippen LogP contribution is 2.27. The van der Waals surface area contributed by atoms with Gasteiger partial charge in [0.15, 0.2) is 5.52 Å². The Morgan fingerprint density at radius 3 is 2.86 bits per heavy atom. The fraction of sp³-hybridized carbons (Fsp3) is 0. The summed E-state index contributed by atoms with van der Waals surface area (Å²) in [6.07, 6.45) is 3.62. The van der Waals surface area contributed by atoms with Gasteiger partial charge in [-0.1, -0.05) is 12.1 Å². The number of benzene rings is 1. The molecule has 0 aliphatic rings. The van der Waals surface area contributed by atoms with Gasteiger partial charge >= 0.3 is 0 Å². The number of fused-ring (bicyclic) bond motifs is 3. The Kier molecular flexibility index (Phi) is 2.57. The van der Waals surface area contributed by atoms with Gasteiger partial charge in [-0.05, 0) is 29.8 Å². The summed E-state index contributed by atoms with van der Waals surface area (Å²) in [5.41, 5.74) is 10.9. The Hall–Kier alpha value is -3.39. The van der Waals surface area contributed by atoms with Crippen molar-refractivity contribution in [3.8, 4) is 17.2 Å². The van der Waals surface area contributed by atoms with E-state index in [0.717, 1.165) is 38.8 Å². The first-order valence-electron chi connectivity index (χ1n) is 6.84. The van der Waals surface area contributed by atoms with Crippen molar-refractivity contribution >= 4 is 27.6 Å². The third-order valence-electron chi connectivity index (χ3n) is 3.73. The average Bonchev–Trinajstić information content (AvgIpc) is 2.91. The first-order valence-corrected chi connectivity index (χ1v) is 6.84. The Bertz CT molecular complexity index is 1060. The Morgan fingerprint density at radius 2 is 2.05 bits per heavy atom. The van der Waals surface area contributed by atoms with Crippen LogP contribution in [0.4, 0.5) is 5.69 Å². The first kappa shape index (κ1) is 12.4. The normalized spacial score (nSPS) is 10.9. The van der Waals surface area contributed by atoms with Gasteiger partial charge in [0.2, 0.25) is 0 Å². The summed E-state index contributed by atoms with van der Waals surface area (Å²) in [4.78, 5) is 10.6. The van der Waals surface area contributed by atoms with E-state index in [4.69, 9.17) is 11.0 Å². The third-order valence-corrected chi connectivity index (χ3v) is 3.73. The Morgan fingerprint density at radius 1 is 1.14 bits per heavy atom. The van der Waals surface area contributed by atoms with Crippen molar-refractivity contribution in [1.82, 2.24) is 9.97 Å². The Balaban J connectivity index is 2.00. The highest BCUT2D eigenvalue weighted by Gasteiger charge is 2.13. The topological polar surface area (TPSA) is 92.6 Å². The molecule has 104 valence electrons. The summed E-state index contributed by atoms with van der Waals surface area (Å²) >= 11 is 0. The van der Waals surface area contributed by atoms with Crippen LogP contribution < -0.4 is 10.7 Å². The van der Waals surface area contributed by atoms with E-state index in [1.54, 1.807) is 12.3 Å². The zero-order chi connectivity index (χ0) is 15.1. The van der Waals surface area contributed by atoms with E-state index in [1.807, 2.05) is 30.5 Å². The largest absolute Gasteiger partial charge is 0.399 e. The highest BCUT2D eigenvalue weighted by molar-refractivity contribution is 6.05. The molecule has 0 bridgehead atoms. The maximum absolute atomic E-state index is 9.03. The molecule has 0 aliphatic heterocycles. The number of nitrogens with one attached hydrogen (secondary N) is 2. The number of aromatic amines is 2. The quantitative estimate of drug-likeness (QED) is 0.527. The average molecular weight is 286 g/mol. The van der Waals surface area contributed by atoms with Gasteiger partial charge in [-0.2, -0.15) is 5.26 Å². The van der Waals surface area contributed by atoms with Gasteiger partial charge in [0, 0.05) is 16.6 Å². The van der Waals surface area contributed by atoms with E-state index >= 15 is 0 Å². The van der Waals surface area contributed by atoms with Crippen molar-refractivity contribution in [3.05, 3.63) is 54.5 Å². The zero-order valence-electron chi connectivity index (χ0n) is 11.6. The smallest absolute Gasteiger partial charge is 0.285 e. The third kappa shape index (κ3) is 1.86. The number of nitrogens with two attached hydrogens (primary N) is 1. The number of rotatable bonds is 1. The van der Waals surface area contributed by atoms with Crippen molar-refractivity contribution < 1.29 is 4.98 Å². The molecule has 1 aromatic carbocycles. The molecular weight excluding hydrogens is 274 g/mol. The van der Waals surface area contributed by atoms with Crippen LogP contribution in [0.1, 0.15) is 5.69 Å². The van der Waals surface area contributed by atoms with Gasteiger partial charge in [-0.25, -0.2) is 15.0 Å². The fourth-order valence-corrected chi connectivity index (χ4v) is 2.67. The Labute approximate surface area is 126 Å². The summed E-state index contributed by atoms with van der Waals surface area (Å²) in [5.74, 6) is 0. The van der Waals surface area contributed by atoms with Crippen molar-refractivity contribution in [2.45, 2.75) is 0 Å². The molecule has 4 rings (SSSR count). The van der Waals surface area contributed by atoms with E-state index in [2.05, 4.69) is 27.1 Å². The van der Waals surface area contributed by atoms with Crippen molar-refractivity contribution in [3.63, 3.8) is 0 Å². The molecule has 3 heterocycles. The molecule has 0 spiro atoms. The minimum absolute atomic E-state index is 0.405. The molecule has 0 atom stereocenters. The molecule has 0 saturated heterocycles. The number of nitrogens with zero attached hydrogens (tertiary/aromatic N) is 2. The number of H-pyrrole nitrogens is 2. The minimum atomic E-state index is 0.405. The molecule has 4 N–H and O–H groups in total. The van der Waals surface area contributed by atoms with Gasteiger partial charge < -0.3 is 5.73 Å². The molecule has 4 aromatic rings. The van der Waals surface area contributed by atoms with Crippen molar-refractivity contribution in [2.75, 3.05) is 5.73 Å². The molecule has 0 fully saturated rings. The summed E-state index contributed by atoms with van der Waals surface area (Å²) in [5, 5.41) is 11.0. The maximum Gasteiger partial charge on any atom is 0.285 e. The predicted molar refractivity (Wildman–Crippen MR) is 84.7 cm³/mol. The molecule has 5 heteroatoms. The molecule has 22 heavy (non-hydrogen) atoms. The fourth-order valence-electron chi connectivity index (χ4n) is 2.67. The molecule has 0 amide bonds. The van der Waals surface area contributed by atoms with Crippen LogP contribution in [0.3, 0.4) is 0 Å². The number of aromatic nitrogens is 3. The van der Waals surface area contributed by atoms with Gasteiger partial charge in [-0.3, -0.25) is 0 Å². The van der Waals surface area contributed by atoms with E-state index in [9.17, 15) is 0 Å². The lowest BCUT2D eigenvalue weighted by Crippen LogP contribution is -2.03. The zero-order valence-corrected chi connectivity index (χ0v) is 11.6. The highest BCUT2D eigenvalue weighted by atomic mass is 14.9. The molecule has 0 radical (unpaired) electrons. The van der Waals surface area contributed by atoms with Crippen LogP contribution in [0.2, 0.25) is 0 Å². The minimum Gasteiger partial charge on any atom is -0.399 e. The van der Waals surface area contributed by atoms with Gasteiger partial charge in [0.05, 0.1) is 17.8 Å². The van der Waals surface area contributed by atoms with Crippen LogP contribution in [-0.2, 0) is 0 Å². The summed E-state index contributed by atoms with van der Waals surface area (Å²) in [6.45, 7) is 0. The second-order valence-electron chi connectivity index (χ2n) is 5.15. The van der Waals surface area contributed by atoms with Crippen LogP contribution in [0.15, 0.2) is 48.8 Å². The molecule has 0 aliphatic carbocycles. The van der Waals surface area contributed by atoms with E-state index in [-0.39, 0.29) is 0 Å². The van der Waals surface area contributed by atoms with Crippen LogP contribution in [-0.4, -0.2) is 9.97 Å². The van der Waals surface area contributed by atoms with Crippen LogP contribution in [0, 0.1) is 11.3 Å². The second kappa shape index (κ2) is 4.57. The van der Waals surface area contributed by atoms with E-state index in [1.165, 1.54) is 0 Å². The lowest BCUT2D eigenvalue weighted by molar-refractivity contribution is -0.346. The predicted octanol–water partition coefficient (Wildman–Crippen LogP) is 2.65. The number of nitriles is 1. The maximum atomic E-state index is 9.03. The van der Waals surface area contributed by atoms with Crippen LogP contribution >= 0.6 is 0 Å². The molecule has 5 nitrogen and oxygen atoms in total. The van der Waals surface area contributed by atoms with Gasteiger partial charge in [0.25, 0.3) is 5.65 Å². The number of nitrogen functional groups attached to an aromatic ring is 1. The van der Waals surface area contributed by atoms with Gasteiger partial charge in [-0.15, -0.1) is 0 Å². The van der Waals surface area contributed by atoms with Crippen molar-refractivity contribution in [2.24, 2.45) is 0 Å². The SMILES string of the molecule is N#Cc1cc2c(cn1)[nH]c1[nH+]cc(-c3cccc(N)c3)cc12. The summed E-state index contributed by atoms with van der Waals surface area (Å²) in [6, 6.07) is 13.7. The van der Waals surface area contributed by atoms with Crippen molar-refractivity contribution in [1.29, 1.82) is 5.26 Å². The molecule has 0 unspecified atom stereocenters. The number of pyridine rings is 2. The monoisotopic (exact) mass is 286 g/mol. The number of anilines is 1. The number of hydrogen-bond acceptors (Lipinski definition) is 3. The summed E-state index contributed by atoms with van der Waals surface area (Å²) in [7, 11) is 0. The van der Waals surface area contributed by atoms with E-state index < -0.39 is 0 Å². The number of hydrogen-bond donors (Lipinski definition) is 2. The lowest BCUT2D eigenvalue weighted by Gasteiger charge is -2.01. The summed E-state index contributed by atoms with van der Waals surface area (Å²) < 4.78 is 0. The molecule has 0 saturated carbocycles. The second-order valence-corrected chi connectivity index (χ2v) is 5.15. The van der Waals surface area contributed by atoms with Crippen LogP contribution in [0.25, 0.3) is 33.1 Å².